The maximum Gasteiger partial charge on any atom is 0.323 e. The van der Waals surface area contributed by atoms with E-state index in [0.29, 0.717) is 35.9 Å². The molecular formula is C35H37N5O3. The van der Waals surface area contributed by atoms with Gasteiger partial charge in [-0.3, -0.25) is 9.59 Å². The molecule has 2 atom stereocenters. The summed E-state index contributed by atoms with van der Waals surface area (Å²) in [5, 5.41) is 8.97. The van der Waals surface area contributed by atoms with Crippen LogP contribution in [0.1, 0.15) is 46.4 Å². The fourth-order valence-corrected chi connectivity index (χ4v) is 6.32. The number of benzene rings is 3. The molecule has 3 aromatic carbocycles. The highest BCUT2D eigenvalue weighted by Crippen LogP contribution is 2.39. The number of pyridine rings is 1. The number of nitrogens with zero attached hydrogens (tertiary/aromatic N) is 2. The molecule has 3 heterocycles. The van der Waals surface area contributed by atoms with Gasteiger partial charge < -0.3 is 25.4 Å². The van der Waals surface area contributed by atoms with Crippen LogP contribution in [0.4, 0.5) is 21.9 Å². The van der Waals surface area contributed by atoms with Crippen molar-refractivity contribution in [2.75, 3.05) is 35.2 Å². The number of anilines is 3. The molecule has 4 aromatic rings. The summed E-state index contributed by atoms with van der Waals surface area (Å²) < 4.78 is 1.91. The van der Waals surface area contributed by atoms with Crippen LogP contribution in [-0.4, -0.2) is 36.1 Å². The smallest absolute Gasteiger partial charge is 0.323 e. The molecule has 0 aliphatic carbocycles. The first kappa shape index (κ1) is 28.3. The van der Waals surface area contributed by atoms with Gasteiger partial charge in [-0.1, -0.05) is 55.5 Å². The largest absolute Gasteiger partial charge is 0.369 e. The number of aromatic nitrogens is 1. The summed E-state index contributed by atoms with van der Waals surface area (Å²) in [6.45, 7) is 4.76. The molecule has 8 nitrogen and oxygen atoms in total. The molecule has 8 heteroatoms. The van der Waals surface area contributed by atoms with Crippen LogP contribution in [-0.2, 0) is 19.4 Å². The Bertz CT molecular complexity index is 1670. The van der Waals surface area contributed by atoms with Crippen molar-refractivity contribution in [1.82, 2.24) is 9.88 Å². The van der Waals surface area contributed by atoms with Gasteiger partial charge in [0.2, 0.25) is 0 Å². The van der Waals surface area contributed by atoms with Crippen molar-refractivity contribution in [2.24, 2.45) is 5.92 Å². The number of fused-ring (bicyclic) bond motifs is 4. The Morgan fingerprint density at radius 2 is 1.65 bits per heavy atom. The van der Waals surface area contributed by atoms with Gasteiger partial charge in [0, 0.05) is 55.1 Å². The van der Waals surface area contributed by atoms with E-state index in [-0.39, 0.29) is 23.4 Å². The maximum atomic E-state index is 13.2. The summed E-state index contributed by atoms with van der Waals surface area (Å²) in [4.78, 5) is 41.2. The van der Waals surface area contributed by atoms with Crippen LogP contribution >= 0.6 is 0 Å². The summed E-state index contributed by atoms with van der Waals surface area (Å²) in [5.74, 6) is 0.331. The number of aryl methyl sites for hydroxylation is 1. The first-order valence-electron chi connectivity index (χ1n) is 15.0. The van der Waals surface area contributed by atoms with Crippen molar-refractivity contribution >= 4 is 29.0 Å². The summed E-state index contributed by atoms with van der Waals surface area (Å²) >= 11 is 0. The number of amides is 3. The zero-order valence-electron chi connectivity index (χ0n) is 24.4. The van der Waals surface area contributed by atoms with Crippen LogP contribution in [0.3, 0.4) is 0 Å². The third-order valence-electron chi connectivity index (χ3n) is 8.49. The third kappa shape index (κ3) is 6.48. The van der Waals surface area contributed by atoms with Crippen LogP contribution in [0.2, 0.25) is 0 Å². The Hall–Kier alpha value is -4.85. The van der Waals surface area contributed by atoms with Gasteiger partial charge in [0.15, 0.2) is 0 Å². The van der Waals surface area contributed by atoms with Crippen LogP contribution in [0.5, 0.6) is 0 Å². The number of carbonyl (C=O) groups is 2. The van der Waals surface area contributed by atoms with E-state index < -0.39 is 0 Å². The SMILES string of the molecule is CCc1ccc(NC(=O)Nc2cc(C(=O)NCCc3ccccc3)ccc2N2CC3CC(C2)c2cccc(=O)n2C3)cc1. The highest BCUT2D eigenvalue weighted by Gasteiger charge is 2.35. The Morgan fingerprint density at radius 1 is 0.837 bits per heavy atom. The second-order valence-corrected chi connectivity index (χ2v) is 11.5. The van der Waals surface area contributed by atoms with Gasteiger partial charge in [0.1, 0.15) is 0 Å². The van der Waals surface area contributed by atoms with Crippen LogP contribution < -0.4 is 26.4 Å². The zero-order valence-corrected chi connectivity index (χ0v) is 24.4. The number of hydrogen-bond acceptors (Lipinski definition) is 4. The second-order valence-electron chi connectivity index (χ2n) is 11.5. The van der Waals surface area contributed by atoms with E-state index in [1.807, 2.05) is 83.4 Å². The molecule has 2 bridgehead atoms. The van der Waals surface area contributed by atoms with Crippen LogP contribution in [0, 0.1) is 5.92 Å². The highest BCUT2D eigenvalue weighted by molar-refractivity contribution is 6.04. The van der Waals surface area contributed by atoms with E-state index in [4.69, 9.17) is 0 Å². The molecule has 2 aliphatic heterocycles. The predicted octanol–water partition coefficient (Wildman–Crippen LogP) is 5.65. The Balaban J connectivity index is 1.23. The molecule has 0 spiro atoms. The van der Waals surface area contributed by atoms with Gasteiger partial charge in [-0.15, -0.1) is 0 Å². The minimum Gasteiger partial charge on any atom is -0.369 e. The van der Waals surface area contributed by atoms with Gasteiger partial charge in [-0.05, 0) is 72.7 Å². The van der Waals surface area contributed by atoms with E-state index in [0.717, 1.165) is 49.3 Å². The number of rotatable bonds is 8. The topological polar surface area (TPSA) is 95.5 Å². The monoisotopic (exact) mass is 575 g/mol. The normalized spacial score (nSPS) is 17.1. The predicted molar refractivity (Wildman–Crippen MR) is 171 cm³/mol. The average molecular weight is 576 g/mol. The lowest BCUT2D eigenvalue weighted by atomic mass is 9.83. The van der Waals surface area contributed by atoms with Gasteiger partial charge in [-0.25, -0.2) is 4.79 Å². The van der Waals surface area contributed by atoms with E-state index >= 15 is 0 Å². The van der Waals surface area contributed by atoms with Crippen molar-refractivity contribution in [2.45, 2.75) is 38.6 Å². The Kier molecular flexibility index (Phi) is 8.27. The Labute approximate surface area is 251 Å². The molecule has 3 amide bonds. The number of hydrogen-bond donors (Lipinski definition) is 3. The summed E-state index contributed by atoms with van der Waals surface area (Å²) in [6, 6.07) is 28.5. The Morgan fingerprint density at radius 3 is 2.44 bits per heavy atom. The molecule has 1 aromatic heterocycles. The zero-order chi connectivity index (χ0) is 29.8. The number of piperidine rings is 1. The van der Waals surface area contributed by atoms with E-state index in [1.54, 1.807) is 12.1 Å². The molecule has 2 unspecified atom stereocenters. The molecule has 1 fully saturated rings. The highest BCUT2D eigenvalue weighted by atomic mass is 16.2. The average Bonchev–Trinajstić information content (AvgIpc) is 3.02. The van der Waals surface area contributed by atoms with Crippen molar-refractivity contribution in [1.29, 1.82) is 0 Å². The standard InChI is InChI=1S/C35H37N5O3/c1-2-24-11-14-29(15-12-24)37-35(43)38-30-20-27(34(42)36-18-17-25-7-4-3-5-8-25)13-16-32(30)39-21-26-19-28(23-39)31-9-6-10-33(41)40(31)22-26/h3-16,20,26,28H,2,17-19,21-23H2,1H3,(H,36,42)(H2,37,38,43). The molecule has 1 saturated heterocycles. The van der Waals surface area contributed by atoms with E-state index in [2.05, 4.69) is 27.8 Å². The molecule has 3 N–H and O–H groups in total. The summed E-state index contributed by atoms with van der Waals surface area (Å²) in [7, 11) is 0. The first-order chi connectivity index (χ1) is 21.0. The molecule has 0 saturated carbocycles. The second kappa shape index (κ2) is 12.6. The van der Waals surface area contributed by atoms with Crippen molar-refractivity contribution in [3.63, 3.8) is 0 Å². The third-order valence-corrected chi connectivity index (χ3v) is 8.49. The lowest BCUT2D eigenvalue weighted by Gasteiger charge is -2.44. The van der Waals surface area contributed by atoms with Crippen molar-refractivity contribution in [3.05, 3.63) is 124 Å². The van der Waals surface area contributed by atoms with E-state index in [1.165, 1.54) is 5.56 Å². The molecule has 0 radical (unpaired) electrons. The van der Waals surface area contributed by atoms with Crippen molar-refractivity contribution in [3.8, 4) is 0 Å². The number of urea groups is 1. The summed E-state index contributed by atoms with van der Waals surface area (Å²) in [6.07, 6.45) is 2.68. The molecular weight excluding hydrogens is 538 g/mol. The summed E-state index contributed by atoms with van der Waals surface area (Å²) in [5.41, 5.74) is 6.07. The lowest BCUT2D eigenvalue weighted by Crippen LogP contribution is -2.47. The molecule has 2 aliphatic rings. The minimum atomic E-state index is -0.374. The number of carbonyl (C=O) groups excluding carboxylic acids is 2. The van der Waals surface area contributed by atoms with Gasteiger partial charge in [-0.2, -0.15) is 0 Å². The number of nitrogens with one attached hydrogen (secondary N) is 3. The van der Waals surface area contributed by atoms with Crippen LogP contribution in [0.25, 0.3) is 0 Å². The molecule has 43 heavy (non-hydrogen) atoms. The fourth-order valence-electron chi connectivity index (χ4n) is 6.32. The first-order valence-corrected chi connectivity index (χ1v) is 15.0. The van der Waals surface area contributed by atoms with Crippen molar-refractivity contribution < 1.29 is 9.59 Å². The van der Waals surface area contributed by atoms with Gasteiger partial charge in [0.25, 0.3) is 11.5 Å². The maximum absolute atomic E-state index is 13.2. The molecule has 220 valence electrons. The van der Waals surface area contributed by atoms with Gasteiger partial charge >= 0.3 is 6.03 Å². The fraction of sp³-hybridized carbons (Fsp3) is 0.286. The quantitative estimate of drug-likeness (QED) is 0.253. The van der Waals surface area contributed by atoms with E-state index in [9.17, 15) is 14.4 Å². The molecule has 6 rings (SSSR count). The van der Waals surface area contributed by atoms with Gasteiger partial charge in [0.05, 0.1) is 11.4 Å². The lowest BCUT2D eigenvalue weighted by molar-refractivity contribution is 0.0954. The van der Waals surface area contributed by atoms with Crippen LogP contribution in [0.15, 0.2) is 95.8 Å². The minimum absolute atomic E-state index is 0.0503.